The van der Waals surface area contributed by atoms with Crippen molar-refractivity contribution < 1.29 is 0 Å². The van der Waals surface area contributed by atoms with Crippen molar-refractivity contribution in [1.29, 1.82) is 0 Å². The molecule has 0 bridgehead atoms. The Hall–Kier alpha value is -1.70. The summed E-state index contributed by atoms with van der Waals surface area (Å²) in [5.41, 5.74) is 2.40. The third-order valence-electron chi connectivity index (χ3n) is 2.87. The summed E-state index contributed by atoms with van der Waals surface area (Å²) in [5.74, 6) is 0. The molecule has 0 aliphatic carbocycles. The van der Waals surface area contributed by atoms with E-state index in [9.17, 15) is 0 Å². The third-order valence-corrected chi connectivity index (χ3v) is 4.24. The number of hydrogen-bond acceptors (Lipinski definition) is 0. The Morgan fingerprint density at radius 1 is 0.632 bits per heavy atom. The molecule has 3 rings (SSSR count). The molecule has 19 heavy (non-hydrogen) atoms. The predicted octanol–water partition coefficient (Wildman–Crippen LogP) is 6.02. The quantitative estimate of drug-likeness (QED) is 0.505. The van der Waals surface area contributed by atoms with Gasteiger partial charge in [0.05, 0.1) is 5.02 Å². The standard InChI is InChI=1S/C17H12ClS/c18-15-11-16(13-7-3-1-4-8-13)19-17(12-15)14-9-5-2-6-10-14/h1-12H/q+1. The van der Waals surface area contributed by atoms with Gasteiger partial charge in [0.1, 0.15) is 0 Å². The molecule has 0 spiro atoms. The fourth-order valence-electron chi connectivity index (χ4n) is 1.96. The molecule has 0 amide bonds. The van der Waals surface area contributed by atoms with Crippen LogP contribution in [-0.4, -0.2) is 0 Å². The summed E-state index contributed by atoms with van der Waals surface area (Å²) < 4.78 is 0. The molecule has 0 aliphatic heterocycles. The van der Waals surface area contributed by atoms with Crippen molar-refractivity contribution in [2.75, 3.05) is 0 Å². The molecule has 0 aliphatic rings. The van der Waals surface area contributed by atoms with E-state index in [1.165, 1.54) is 20.9 Å². The molecule has 0 unspecified atom stereocenters. The normalized spacial score (nSPS) is 10.4. The second-order valence-electron chi connectivity index (χ2n) is 4.24. The number of benzene rings is 2. The molecule has 1 heterocycles. The van der Waals surface area contributed by atoms with Crippen molar-refractivity contribution in [3.05, 3.63) is 77.8 Å². The maximum Gasteiger partial charge on any atom is 0.240 e. The van der Waals surface area contributed by atoms with Crippen LogP contribution in [0.15, 0.2) is 72.8 Å². The van der Waals surface area contributed by atoms with E-state index in [1.807, 2.05) is 48.5 Å². The molecule has 2 heteroatoms. The highest BCUT2D eigenvalue weighted by Gasteiger charge is 2.17. The first-order chi connectivity index (χ1) is 9.33. The Balaban J connectivity index is 2.12. The zero-order valence-electron chi connectivity index (χ0n) is 10.2. The third kappa shape index (κ3) is 2.83. The van der Waals surface area contributed by atoms with Crippen LogP contribution in [-0.2, 0) is 0 Å². The van der Waals surface area contributed by atoms with Crippen molar-refractivity contribution in [3.8, 4) is 20.9 Å². The average Bonchev–Trinajstić information content (AvgIpc) is 2.48. The van der Waals surface area contributed by atoms with E-state index in [0.717, 1.165) is 5.02 Å². The van der Waals surface area contributed by atoms with E-state index < -0.39 is 0 Å². The lowest BCUT2D eigenvalue weighted by molar-refractivity contribution is 1.67. The topological polar surface area (TPSA) is 0 Å². The van der Waals surface area contributed by atoms with Gasteiger partial charge in [0, 0.05) is 23.3 Å². The Kier molecular flexibility index (Phi) is 3.58. The van der Waals surface area contributed by atoms with Crippen LogP contribution in [0, 0.1) is 0 Å². The van der Waals surface area contributed by atoms with Crippen LogP contribution in [0.25, 0.3) is 20.9 Å². The zero-order chi connectivity index (χ0) is 13.1. The van der Waals surface area contributed by atoms with Crippen LogP contribution in [0.3, 0.4) is 0 Å². The largest absolute Gasteiger partial charge is 0.240 e. The molecule has 0 saturated heterocycles. The lowest BCUT2D eigenvalue weighted by Gasteiger charge is -1.96. The minimum absolute atomic E-state index is 0.774. The van der Waals surface area contributed by atoms with Crippen LogP contribution in [0.1, 0.15) is 0 Å². The van der Waals surface area contributed by atoms with Gasteiger partial charge >= 0.3 is 0 Å². The molecule has 92 valence electrons. The second-order valence-corrected chi connectivity index (χ2v) is 5.76. The molecule has 3 aromatic rings. The summed E-state index contributed by atoms with van der Waals surface area (Å²) in [4.78, 5) is 2.37. The smallest absolute Gasteiger partial charge is 0.0839 e. The summed E-state index contributed by atoms with van der Waals surface area (Å²) in [7, 11) is 0. The van der Waals surface area contributed by atoms with E-state index in [2.05, 4.69) is 24.3 Å². The van der Waals surface area contributed by atoms with Crippen molar-refractivity contribution in [3.63, 3.8) is 0 Å². The fraction of sp³-hybridized carbons (Fsp3) is 0. The van der Waals surface area contributed by atoms with Crippen molar-refractivity contribution in [2.24, 2.45) is 0 Å². The van der Waals surface area contributed by atoms with Gasteiger partial charge in [0.2, 0.25) is 21.1 Å². The Morgan fingerprint density at radius 2 is 1.05 bits per heavy atom. The van der Waals surface area contributed by atoms with E-state index in [0.29, 0.717) is 0 Å². The lowest BCUT2D eigenvalue weighted by atomic mass is 10.1. The summed E-state index contributed by atoms with van der Waals surface area (Å²) in [6, 6.07) is 24.7. The summed E-state index contributed by atoms with van der Waals surface area (Å²) >= 11 is 8.01. The first-order valence-electron chi connectivity index (χ1n) is 6.07. The maximum atomic E-state index is 6.26. The van der Waals surface area contributed by atoms with E-state index in [4.69, 9.17) is 11.6 Å². The van der Waals surface area contributed by atoms with Gasteiger partial charge in [-0.25, -0.2) is 0 Å². The Morgan fingerprint density at radius 3 is 1.47 bits per heavy atom. The van der Waals surface area contributed by atoms with Crippen molar-refractivity contribution in [1.82, 2.24) is 0 Å². The Bertz CT molecular complexity index is 620. The zero-order valence-corrected chi connectivity index (χ0v) is 11.8. The number of hydrogen-bond donors (Lipinski definition) is 0. The minimum Gasteiger partial charge on any atom is -0.0839 e. The van der Waals surface area contributed by atoms with Crippen LogP contribution in [0.5, 0.6) is 0 Å². The van der Waals surface area contributed by atoms with Gasteiger partial charge < -0.3 is 0 Å². The molecule has 0 fully saturated rings. The highest BCUT2D eigenvalue weighted by Crippen LogP contribution is 2.35. The minimum atomic E-state index is 0.774. The van der Waals surface area contributed by atoms with Gasteiger partial charge in [-0.3, -0.25) is 0 Å². The molecule has 2 aromatic carbocycles. The van der Waals surface area contributed by atoms with Gasteiger partial charge in [-0.1, -0.05) is 48.0 Å². The lowest BCUT2D eigenvalue weighted by Crippen LogP contribution is -1.78. The van der Waals surface area contributed by atoms with Gasteiger partial charge in [0.25, 0.3) is 0 Å². The van der Waals surface area contributed by atoms with Gasteiger partial charge in [-0.2, -0.15) is 0 Å². The molecule has 0 radical (unpaired) electrons. The van der Waals surface area contributed by atoms with Crippen LogP contribution < -0.4 is 0 Å². The number of halogens is 1. The first kappa shape index (κ1) is 12.3. The number of rotatable bonds is 2. The molecular weight excluding hydrogens is 272 g/mol. The van der Waals surface area contributed by atoms with Gasteiger partial charge in [-0.05, 0) is 24.3 Å². The van der Waals surface area contributed by atoms with E-state index in [1.54, 1.807) is 11.3 Å². The van der Waals surface area contributed by atoms with Crippen LogP contribution in [0.2, 0.25) is 5.02 Å². The highest BCUT2D eigenvalue weighted by molar-refractivity contribution is 7.18. The average molecular weight is 284 g/mol. The monoisotopic (exact) mass is 283 g/mol. The van der Waals surface area contributed by atoms with Crippen molar-refractivity contribution in [2.45, 2.75) is 0 Å². The fourth-order valence-corrected chi connectivity index (χ4v) is 3.42. The van der Waals surface area contributed by atoms with E-state index in [-0.39, 0.29) is 0 Å². The molecule has 0 N–H and O–H groups in total. The molecule has 0 atom stereocenters. The van der Waals surface area contributed by atoms with Crippen LogP contribution >= 0.6 is 22.9 Å². The van der Waals surface area contributed by atoms with Gasteiger partial charge in [0.15, 0.2) is 0 Å². The molecular formula is C17H12ClS+. The first-order valence-corrected chi connectivity index (χ1v) is 7.27. The van der Waals surface area contributed by atoms with Crippen LogP contribution in [0.4, 0.5) is 0 Å². The molecule has 0 nitrogen and oxygen atoms in total. The SMILES string of the molecule is Clc1cc(-c2ccccc2)[s+]c(-c2ccccc2)c1. The van der Waals surface area contributed by atoms with E-state index >= 15 is 0 Å². The highest BCUT2D eigenvalue weighted by atomic mass is 35.5. The van der Waals surface area contributed by atoms with Crippen molar-refractivity contribution >= 4 is 22.9 Å². The molecule has 1 aromatic heterocycles. The predicted molar refractivity (Wildman–Crippen MR) is 84.6 cm³/mol. The second kappa shape index (κ2) is 5.52. The molecule has 0 saturated carbocycles. The maximum absolute atomic E-state index is 6.26. The summed E-state index contributed by atoms with van der Waals surface area (Å²) in [6.07, 6.45) is 0. The summed E-state index contributed by atoms with van der Waals surface area (Å²) in [6.45, 7) is 0. The Labute approximate surface area is 121 Å². The summed E-state index contributed by atoms with van der Waals surface area (Å²) in [5, 5.41) is 0.774. The van der Waals surface area contributed by atoms with Gasteiger partial charge in [-0.15, -0.1) is 0 Å².